The molecule has 0 spiro atoms. The van der Waals surface area contributed by atoms with E-state index in [4.69, 9.17) is 53.0 Å². The Morgan fingerprint density at radius 3 is 2.29 bits per heavy atom. The summed E-state index contributed by atoms with van der Waals surface area (Å²) in [6.45, 7) is 5.28. The topological polar surface area (TPSA) is 133 Å². The van der Waals surface area contributed by atoms with Crippen molar-refractivity contribution < 1.29 is 33.6 Å². The standard InChI is InChI=1S/C39H49Cl2N3O7/c1-25-18-34(40)37(35(41)19-25)51-17-16-50-30-9-5-28(6-10-30)32-11-13-43-23-33(32)38(45)44(29-7-8-29)24-27-20-26(4-3-14-48-2)21-31(22-27)49-15-12-36(42)39(46)47/h5-6,9-10,18-22,29,32-33,36,43H,3-4,7-8,11-17,23-24,42H2,1-2H3,(H,46,47)/t32-,33+,36+/m1/s1. The average Bonchev–Trinajstić information content (AvgIpc) is 3.95. The number of rotatable bonds is 19. The minimum Gasteiger partial charge on any atom is -0.493 e. The zero-order valence-electron chi connectivity index (χ0n) is 29.4. The van der Waals surface area contributed by atoms with Crippen LogP contribution < -0.4 is 25.3 Å². The monoisotopic (exact) mass is 741 g/mol. The second-order valence-electron chi connectivity index (χ2n) is 13.4. The van der Waals surface area contributed by atoms with E-state index in [9.17, 15) is 9.59 Å². The number of nitrogens with zero attached hydrogens (tertiary/aromatic N) is 1. The van der Waals surface area contributed by atoms with Crippen molar-refractivity contribution in [2.24, 2.45) is 11.7 Å². The summed E-state index contributed by atoms with van der Waals surface area (Å²) in [5, 5.41) is 13.5. The van der Waals surface area contributed by atoms with E-state index in [0.29, 0.717) is 53.6 Å². The number of carbonyl (C=O) groups excluding carboxylic acids is 1. The molecule has 3 atom stereocenters. The molecule has 51 heavy (non-hydrogen) atoms. The summed E-state index contributed by atoms with van der Waals surface area (Å²) in [5.74, 6) is 0.778. The van der Waals surface area contributed by atoms with Crippen molar-refractivity contribution in [3.63, 3.8) is 0 Å². The van der Waals surface area contributed by atoms with E-state index in [1.165, 1.54) is 0 Å². The third-order valence-corrected chi connectivity index (χ3v) is 9.89. The SMILES string of the molecule is COCCCc1cc(CN(C(=O)[C@H]2CNCC[C@@H]2c2ccc(OCCOc3c(Cl)cc(C)cc3Cl)cc2)C2CC2)cc(OCC[C@H](N)C(=O)O)c1. The van der Waals surface area contributed by atoms with Crippen LogP contribution >= 0.6 is 23.2 Å². The number of carboxylic acid groups (broad SMARTS) is 1. The van der Waals surface area contributed by atoms with Crippen LogP contribution in [0.3, 0.4) is 0 Å². The fraction of sp³-hybridized carbons (Fsp3) is 0.487. The lowest BCUT2D eigenvalue weighted by Crippen LogP contribution is -2.47. The van der Waals surface area contributed by atoms with Gasteiger partial charge in [-0.15, -0.1) is 0 Å². The molecule has 4 N–H and O–H groups in total. The van der Waals surface area contributed by atoms with Crippen LogP contribution in [-0.4, -0.2) is 80.6 Å². The molecule has 0 unspecified atom stereocenters. The normalized spacial score (nSPS) is 17.8. The van der Waals surface area contributed by atoms with Gasteiger partial charge in [0.05, 0.1) is 22.6 Å². The molecule has 1 aliphatic carbocycles. The zero-order valence-corrected chi connectivity index (χ0v) is 30.9. The number of methoxy groups -OCH3 is 1. The second-order valence-corrected chi connectivity index (χ2v) is 14.2. The number of hydrogen-bond donors (Lipinski definition) is 3. The Balaban J connectivity index is 1.23. The van der Waals surface area contributed by atoms with Crippen LogP contribution in [0, 0.1) is 12.8 Å². The molecule has 1 saturated heterocycles. The van der Waals surface area contributed by atoms with Gasteiger partial charge in [-0.2, -0.15) is 0 Å². The number of halogens is 2. The van der Waals surface area contributed by atoms with Gasteiger partial charge in [-0.1, -0.05) is 41.4 Å². The number of ether oxygens (including phenoxy) is 4. The number of nitrogens with two attached hydrogens (primary N) is 1. The van der Waals surface area contributed by atoms with Crippen molar-refractivity contribution in [2.45, 2.75) is 70.0 Å². The van der Waals surface area contributed by atoms with Crippen molar-refractivity contribution in [1.29, 1.82) is 0 Å². The lowest BCUT2D eigenvalue weighted by molar-refractivity contribution is -0.139. The van der Waals surface area contributed by atoms with Gasteiger partial charge in [0.1, 0.15) is 30.8 Å². The summed E-state index contributed by atoms with van der Waals surface area (Å²) in [6, 6.07) is 16.9. The first-order chi connectivity index (χ1) is 24.6. The smallest absolute Gasteiger partial charge is 0.320 e. The summed E-state index contributed by atoms with van der Waals surface area (Å²) in [6.07, 6.45) is 4.66. The second kappa shape index (κ2) is 18.8. The molecule has 2 aliphatic rings. The van der Waals surface area contributed by atoms with E-state index in [0.717, 1.165) is 60.9 Å². The lowest BCUT2D eigenvalue weighted by atomic mass is 9.80. The van der Waals surface area contributed by atoms with Crippen LogP contribution in [0.15, 0.2) is 54.6 Å². The Bertz CT molecular complexity index is 1600. The largest absolute Gasteiger partial charge is 0.493 e. The highest BCUT2D eigenvalue weighted by Crippen LogP contribution is 2.37. The molecule has 1 saturated carbocycles. The maximum Gasteiger partial charge on any atom is 0.320 e. The minimum atomic E-state index is -1.05. The molecule has 1 aliphatic heterocycles. The van der Waals surface area contributed by atoms with Gasteiger partial charge in [0, 0.05) is 39.3 Å². The van der Waals surface area contributed by atoms with Crippen LogP contribution in [-0.2, 0) is 27.3 Å². The minimum absolute atomic E-state index is 0.0703. The predicted molar refractivity (Wildman–Crippen MR) is 198 cm³/mol. The van der Waals surface area contributed by atoms with E-state index >= 15 is 0 Å². The number of aryl methyl sites for hydroxylation is 2. The lowest BCUT2D eigenvalue weighted by Gasteiger charge is -2.36. The molecule has 276 valence electrons. The summed E-state index contributed by atoms with van der Waals surface area (Å²) >= 11 is 12.6. The van der Waals surface area contributed by atoms with Gasteiger partial charge >= 0.3 is 5.97 Å². The molecule has 2 fully saturated rings. The average molecular weight is 743 g/mol. The number of nitrogens with one attached hydrogen (secondary N) is 1. The first kappa shape index (κ1) is 38.7. The van der Waals surface area contributed by atoms with Crippen LogP contribution in [0.2, 0.25) is 10.0 Å². The highest BCUT2D eigenvalue weighted by molar-refractivity contribution is 6.37. The highest BCUT2D eigenvalue weighted by atomic mass is 35.5. The van der Waals surface area contributed by atoms with Crippen LogP contribution in [0.4, 0.5) is 0 Å². The van der Waals surface area contributed by atoms with Crippen molar-refractivity contribution in [2.75, 3.05) is 46.6 Å². The Hall–Kier alpha value is -3.54. The molecule has 0 bridgehead atoms. The first-order valence-electron chi connectivity index (χ1n) is 17.7. The van der Waals surface area contributed by atoms with Gasteiger partial charge < -0.3 is 40.0 Å². The van der Waals surface area contributed by atoms with Crippen molar-refractivity contribution in [3.8, 4) is 17.2 Å². The van der Waals surface area contributed by atoms with Crippen molar-refractivity contribution in [1.82, 2.24) is 10.2 Å². The first-order valence-corrected chi connectivity index (χ1v) is 18.4. The maximum atomic E-state index is 14.4. The molecule has 0 aromatic heterocycles. The molecule has 0 radical (unpaired) electrons. The van der Waals surface area contributed by atoms with Gasteiger partial charge in [0.25, 0.3) is 0 Å². The number of aliphatic carboxylic acids is 1. The molecule has 1 heterocycles. The van der Waals surface area contributed by atoms with Crippen molar-refractivity contribution >= 4 is 35.1 Å². The molecule has 5 rings (SSSR count). The summed E-state index contributed by atoms with van der Waals surface area (Å²) < 4.78 is 23.0. The van der Waals surface area contributed by atoms with E-state index in [-0.39, 0.29) is 43.4 Å². The van der Waals surface area contributed by atoms with E-state index in [1.807, 2.05) is 48.2 Å². The van der Waals surface area contributed by atoms with Crippen LogP contribution in [0.5, 0.6) is 17.2 Å². The summed E-state index contributed by atoms with van der Waals surface area (Å²) in [4.78, 5) is 27.6. The van der Waals surface area contributed by atoms with E-state index in [2.05, 4.69) is 23.5 Å². The quantitative estimate of drug-likeness (QED) is 0.119. The molecular formula is C39H49Cl2N3O7. The Kier molecular flexibility index (Phi) is 14.3. The molecule has 1 amide bonds. The number of amides is 1. The number of benzene rings is 3. The number of piperidine rings is 1. The highest BCUT2D eigenvalue weighted by Gasteiger charge is 2.40. The Morgan fingerprint density at radius 2 is 1.61 bits per heavy atom. The van der Waals surface area contributed by atoms with Crippen molar-refractivity contribution in [3.05, 3.63) is 86.9 Å². The number of hydrogen-bond acceptors (Lipinski definition) is 8. The number of carboxylic acids is 1. The molecule has 3 aromatic carbocycles. The number of carbonyl (C=O) groups is 2. The molecule has 3 aromatic rings. The summed E-state index contributed by atoms with van der Waals surface area (Å²) in [7, 11) is 1.68. The fourth-order valence-corrected chi connectivity index (χ4v) is 7.24. The molecule has 12 heteroatoms. The van der Waals surface area contributed by atoms with Gasteiger partial charge in [-0.3, -0.25) is 9.59 Å². The van der Waals surface area contributed by atoms with Gasteiger partial charge in [-0.05, 0) is 110 Å². The fourth-order valence-electron chi connectivity index (χ4n) is 6.53. The third-order valence-electron chi connectivity index (χ3n) is 9.33. The maximum absolute atomic E-state index is 14.4. The van der Waals surface area contributed by atoms with Crippen LogP contribution in [0.25, 0.3) is 0 Å². The predicted octanol–water partition coefficient (Wildman–Crippen LogP) is 6.40. The summed E-state index contributed by atoms with van der Waals surface area (Å²) in [5.41, 5.74) is 9.83. The Labute approximate surface area is 310 Å². The molecular weight excluding hydrogens is 693 g/mol. The van der Waals surface area contributed by atoms with Gasteiger partial charge in [0.2, 0.25) is 5.91 Å². The zero-order chi connectivity index (χ0) is 36.3. The molecule has 10 nitrogen and oxygen atoms in total. The third kappa shape index (κ3) is 11.2. The Morgan fingerprint density at radius 1 is 0.922 bits per heavy atom. The van der Waals surface area contributed by atoms with Crippen LogP contribution in [0.1, 0.15) is 60.3 Å². The van der Waals surface area contributed by atoms with Gasteiger partial charge in [-0.25, -0.2) is 0 Å². The van der Waals surface area contributed by atoms with E-state index < -0.39 is 12.0 Å². The van der Waals surface area contributed by atoms with E-state index in [1.54, 1.807) is 7.11 Å². The van der Waals surface area contributed by atoms with Gasteiger partial charge in [0.15, 0.2) is 5.75 Å².